The van der Waals surface area contributed by atoms with Crippen molar-refractivity contribution in [3.8, 4) is 0 Å². The van der Waals surface area contributed by atoms with Gasteiger partial charge in [-0.25, -0.2) is 9.36 Å². The lowest BCUT2D eigenvalue weighted by molar-refractivity contribution is -0.147. The maximum Gasteiger partial charge on any atom is 0.472 e. The fourth-order valence-corrected chi connectivity index (χ4v) is 5.41. The first-order valence-corrected chi connectivity index (χ1v) is 22.1. The molecule has 0 bridgehead atoms. The standard InChI is InChI=1S/C46H70NO10P/c1-3-5-7-9-11-13-15-17-18-19-20-21-22-23-24-26-27-29-31-33-35-37-44(49)47-43(46(51)52)41-57-58(53,54)56-40-42(48)39-55-45(50)38-36-34-32-30-28-25-16-14-12-10-8-6-4-2/h5-8,11-14,17-18,20-21,23-25,27-29,33,35,42-43,48H,3-4,9-10,15-16,19,22,26,30-32,34,36-41H2,1-2H3,(H,47,49)(H,51,52)(H,53,54)/b7-5-,8-6-,13-11-,14-12-,18-17-,21-20-,24-23-,28-25-,29-27-,35-33-. The second-order valence-corrected chi connectivity index (χ2v) is 14.5. The number of phosphoric acid groups is 1. The van der Waals surface area contributed by atoms with Crippen LogP contribution in [0.4, 0.5) is 0 Å². The molecule has 0 rings (SSSR count). The number of carboxylic acids is 1. The summed E-state index contributed by atoms with van der Waals surface area (Å²) in [6.45, 7) is 2.22. The highest BCUT2D eigenvalue weighted by Gasteiger charge is 2.28. The first kappa shape index (κ1) is 53.9. The van der Waals surface area contributed by atoms with E-state index in [1.54, 1.807) is 12.2 Å². The predicted octanol–water partition coefficient (Wildman–Crippen LogP) is 10.4. The highest BCUT2D eigenvalue weighted by molar-refractivity contribution is 7.47. The topological polar surface area (TPSA) is 169 Å². The molecule has 0 heterocycles. The summed E-state index contributed by atoms with van der Waals surface area (Å²) in [5.41, 5.74) is 0. The molecule has 0 saturated carbocycles. The normalized spacial score (nSPS) is 15.0. The molecule has 0 aliphatic carbocycles. The average molecular weight is 828 g/mol. The Morgan fingerprint density at radius 2 is 0.983 bits per heavy atom. The molecule has 0 aromatic carbocycles. The maximum atomic E-state index is 12.2. The third kappa shape index (κ3) is 38.7. The predicted molar refractivity (Wildman–Crippen MR) is 235 cm³/mol. The molecule has 58 heavy (non-hydrogen) atoms. The van der Waals surface area contributed by atoms with Crippen molar-refractivity contribution >= 4 is 25.7 Å². The maximum absolute atomic E-state index is 12.2. The lowest BCUT2D eigenvalue weighted by Crippen LogP contribution is -2.43. The number of aliphatic hydroxyl groups excluding tert-OH is 1. The molecule has 12 heteroatoms. The van der Waals surface area contributed by atoms with Gasteiger partial charge in [-0.1, -0.05) is 142 Å². The highest BCUT2D eigenvalue weighted by Crippen LogP contribution is 2.43. The average Bonchev–Trinajstić information content (AvgIpc) is 3.20. The number of carboxylic acid groups (broad SMARTS) is 1. The number of aliphatic hydroxyl groups is 1. The first-order chi connectivity index (χ1) is 28.1. The number of hydrogen-bond acceptors (Lipinski definition) is 8. The molecular formula is C46H70NO10P. The number of esters is 1. The Morgan fingerprint density at radius 1 is 0.569 bits per heavy atom. The van der Waals surface area contributed by atoms with Gasteiger partial charge in [-0.3, -0.25) is 18.6 Å². The summed E-state index contributed by atoms with van der Waals surface area (Å²) in [5, 5.41) is 21.7. The molecule has 1 amide bonds. The van der Waals surface area contributed by atoms with Crippen molar-refractivity contribution < 1.29 is 47.8 Å². The third-order valence-corrected chi connectivity index (χ3v) is 8.73. The van der Waals surface area contributed by atoms with Gasteiger partial charge in [-0.05, 0) is 83.5 Å². The van der Waals surface area contributed by atoms with E-state index in [1.165, 1.54) is 0 Å². The summed E-state index contributed by atoms with van der Waals surface area (Å²) in [7, 11) is -4.80. The molecule has 0 aromatic heterocycles. The zero-order valence-electron chi connectivity index (χ0n) is 34.8. The van der Waals surface area contributed by atoms with Crippen LogP contribution in [-0.4, -0.2) is 64.9 Å². The van der Waals surface area contributed by atoms with E-state index >= 15 is 0 Å². The summed E-state index contributed by atoms with van der Waals surface area (Å²) < 4.78 is 26.7. The van der Waals surface area contributed by atoms with Crippen molar-refractivity contribution in [1.82, 2.24) is 5.32 Å². The Labute approximate surface area is 348 Å². The van der Waals surface area contributed by atoms with Crippen LogP contribution in [0.25, 0.3) is 0 Å². The van der Waals surface area contributed by atoms with Crippen LogP contribution in [0.3, 0.4) is 0 Å². The van der Waals surface area contributed by atoms with Gasteiger partial charge in [0.25, 0.3) is 0 Å². The van der Waals surface area contributed by atoms with Crippen LogP contribution in [0.2, 0.25) is 0 Å². The Morgan fingerprint density at radius 3 is 1.43 bits per heavy atom. The summed E-state index contributed by atoms with van der Waals surface area (Å²) in [4.78, 5) is 45.7. The van der Waals surface area contributed by atoms with E-state index in [-0.39, 0.29) is 12.8 Å². The van der Waals surface area contributed by atoms with Crippen LogP contribution in [0, 0.1) is 0 Å². The van der Waals surface area contributed by atoms with Crippen LogP contribution in [-0.2, 0) is 32.7 Å². The number of ether oxygens (including phenoxy) is 1. The highest BCUT2D eigenvalue weighted by atomic mass is 31.2. The molecule has 3 atom stereocenters. The van der Waals surface area contributed by atoms with E-state index < -0.39 is 57.6 Å². The molecule has 0 radical (unpaired) electrons. The lowest BCUT2D eigenvalue weighted by Gasteiger charge is -2.18. The molecule has 0 spiro atoms. The number of amides is 1. The molecule has 4 N–H and O–H groups in total. The number of phosphoric ester groups is 1. The van der Waals surface area contributed by atoms with Gasteiger partial charge in [-0.15, -0.1) is 0 Å². The number of carbonyl (C=O) groups is 3. The fourth-order valence-electron chi connectivity index (χ4n) is 4.64. The van der Waals surface area contributed by atoms with Crippen LogP contribution >= 0.6 is 7.82 Å². The third-order valence-electron chi connectivity index (χ3n) is 7.77. The van der Waals surface area contributed by atoms with E-state index in [1.807, 2.05) is 12.2 Å². The largest absolute Gasteiger partial charge is 0.480 e. The Hall–Kier alpha value is -4.12. The number of allylic oxidation sites excluding steroid dienone is 19. The van der Waals surface area contributed by atoms with E-state index in [2.05, 4.69) is 116 Å². The molecule has 0 aliphatic heterocycles. The van der Waals surface area contributed by atoms with Crippen molar-refractivity contribution in [2.45, 2.75) is 129 Å². The number of nitrogens with one attached hydrogen (secondary N) is 1. The van der Waals surface area contributed by atoms with E-state index in [9.17, 15) is 34.1 Å². The molecule has 11 nitrogen and oxygen atoms in total. The minimum absolute atomic E-state index is 0.0995. The van der Waals surface area contributed by atoms with Gasteiger partial charge in [0.05, 0.1) is 13.2 Å². The van der Waals surface area contributed by atoms with Gasteiger partial charge < -0.3 is 25.2 Å². The number of aliphatic carboxylic acids is 1. The molecule has 324 valence electrons. The molecule has 0 fully saturated rings. The molecule has 0 aliphatic rings. The van der Waals surface area contributed by atoms with Gasteiger partial charge in [0.1, 0.15) is 12.7 Å². The fraction of sp³-hybridized carbons (Fsp3) is 0.500. The number of unbranched alkanes of at least 4 members (excludes halogenated alkanes) is 3. The molecule has 3 unspecified atom stereocenters. The van der Waals surface area contributed by atoms with E-state index in [0.717, 1.165) is 77.0 Å². The van der Waals surface area contributed by atoms with Crippen molar-refractivity contribution in [1.29, 1.82) is 0 Å². The zero-order chi connectivity index (χ0) is 42.8. The lowest BCUT2D eigenvalue weighted by atomic mass is 10.1. The zero-order valence-corrected chi connectivity index (χ0v) is 35.7. The smallest absolute Gasteiger partial charge is 0.472 e. The first-order valence-electron chi connectivity index (χ1n) is 20.6. The van der Waals surface area contributed by atoms with Gasteiger partial charge in [0, 0.05) is 12.8 Å². The van der Waals surface area contributed by atoms with Crippen molar-refractivity contribution in [3.05, 3.63) is 122 Å². The SMILES string of the molecule is CC/C=C\C/C=C\C/C=C\C/C=C\C/C=C\C/C=C\C/C=C\CC(=O)NC(COP(=O)(O)OCC(O)COC(=O)CCCCC/C=C\C/C=C\C/C=C\CC)C(=O)O. The monoisotopic (exact) mass is 827 g/mol. The van der Waals surface area contributed by atoms with Crippen LogP contribution in [0.1, 0.15) is 117 Å². The summed E-state index contributed by atoms with van der Waals surface area (Å²) in [5.74, 6) is -2.60. The Kier molecular flexibility index (Phi) is 36.9. The minimum atomic E-state index is -4.80. The second-order valence-electron chi connectivity index (χ2n) is 13.1. The van der Waals surface area contributed by atoms with Crippen molar-refractivity contribution in [3.63, 3.8) is 0 Å². The van der Waals surface area contributed by atoms with E-state index in [4.69, 9.17) is 13.8 Å². The Balaban J connectivity index is 4.14. The summed E-state index contributed by atoms with van der Waals surface area (Å²) in [6.07, 6.45) is 52.6. The van der Waals surface area contributed by atoms with Crippen LogP contribution < -0.4 is 5.32 Å². The van der Waals surface area contributed by atoms with Gasteiger partial charge in [0.15, 0.2) is 6.04 Å². The quantitative estimate of drug-likeness (QED) is 0.0206. The number of rotatable bonds is 36. The van der Waals surface area contributed by atoms with Crippen molar-refractivity contribution in [2.24, 2.45) is 0 Å². The second kappa shape index (κ2) is 39.7. The van der Waals surface area contributed by atoms with Crippen molar-refractivity contribution in [2.75, 3.05) is 19.8 Å². The number of hydrogen-bond donors (Lipinski definition) is 4. The minimum Gasteiger partial charge on any atom is -0.480 e. The van der Waals surface area contributed by atoms with Gasteiger partial charge >= 0.3 is 19.8 Å². The van der Waals surface area contributed by atoms with Crippen LogP contribution in [0.5, 0.6) is 0 Å². The molecular weight excluding hydrogens is 757 g/mol. The molecule has 0 aromatic rings. The molecule has 0 saturated heterocycles. The van der Waals surface area contributed by atoms with Crippen LogP contribution in [0.15, 0.2) is 122 Å². The van der Waals surface area contributed by atoms with Gasteiger partial charge in [-0.2, -0.15) is 0 Å². The van der Waals surface area contributed by atoms with Gasteiger partial charge in [0.2, 0.25) is 5.91 Å². The summed E-state index contributed by atoms with van der Waals surface area (Å²) in [6, 6.07) is -1.62. The Bertz CT molecular complexity index is 1440. The summed E-state index contributed by atoms with van der Waals surface area (Å²) >= 11 is 0. The van der Waals surface area contributed by atoms with E-state index in [0.29, 0.717) is 12.8 Å². The number of carbonyl (C=O) groups excluding carboxylic acids is 2.